The Balaban J connectivity index is 2.05. The van der Waals surface area contributed by atoms with E-state index < -0.39 is 5.69 Å². The molecule has 7 heteroatoms. The molecule has 1 aliphatic rings. The lowest BCUT2D eigenvalue weighted by atomic mass is 9.91. The molecule has 0 unspecified atom stereocenters. The van der Waals surface area contributed by atoms with Crippen molar-refractivity contribution in [2.45, 2.75) is 32.3 Å². The lowest BCUT2D eigenvalue weighted by molar-refractivity contribution is -0.0855. The molecule has 0 radical (unpaired) electrons. The number of carbonyl (C=O) groups is 1. The molecule has 1 amide bonds. The van der Waals surface area contributed by atoms with E-state index in [4.69, 9.17) is 9.47 Å². The fourth-order valence-corrected chi connectivity index (χ4v) is 1.93. The molecule has 116 valence electrons. The number of ether oxygens (including phenoxy) is 2. The van der Waals surface area contributed by atoms with Crippen LogP contribution < -0.4 is 11.0 Å². The largest absolute Gasteiger partial charge is 0.376 e. The van der Waals surface area contributed by atoms with E-state index in [0.717, 1.165) is 0 Å². The van der Waals surface area contributed by atoms with Gasteiger partial charge in [-0.1, -0.05) is 20.8 Å². The highest BCUT2D eigenvalue weighted by Crippen LogP contribution is 2.18. The minimum absolute atomic E-state index is 0.111. The van der Waals surface area contributed by atoms with Crippen molar-refractivity contribution in [2.75, 3.05) is 26.4 Å². The number of rotatable bonds is 3. The van der Waals surface area contributed by atoms with Gasteiger partial charge in [0, 0.05) is 17.7 Å². The average Bonchev–Trinajstić information content (AvgIpc) is 2.44. The van der Waals surface area contributed by atoms with Crippen LogP contribution in [0.25, 0.3) is 0 Å². The second kappa shape index (κ2) is 6.36. The Morgan fingerprint density at radius 2 is 2.24 bits per heavy atom. The summed E-state index contributed by atoms with van der Waals surface area (Å²) in [7, 11) is 0. The molecule has 1 saturated heterocycles. The highest BCUT2D eigenvalue weighted by Gasteiger charge is 2.20. The van der Waals surface area contributed by atoms with Crippen LogP contribution in [-0.4, -0.2) is 48.3 Å². The number of nitrogens with one attached hydrogen (secondary N) is 2. The van der Waals surface area contributed by atoms with Gasteiger partial charge in [-0.25, -0.2) is 4.79 Å². The summed E-state index contributed by atoms with van der Waals surface area (Å²) < 4.78 is 10.7. The molecule has 2 rings (SSSR count). The van der Waals surface area contributed by atoms with Gasteiger partial charge in [0.2, 0.25) is 0 Å². The van der Waals surface area contributed by atoms with Crippen molar-refractivity contribution in [1.82, 2.24) is 15.3 Å². The number of hydrogen-bond donors (Lipinski definition) is 2. The Hall–Kier alpha value is -1.73. The van der Waals surface area contributed by atoms with Crippen LogP contribution in [0.2, 0.25) is 0 Å². The summed E-state index contributed by atoms with van der Waals surface area (Å²) in [4.78, 5) is 30.0. The third-order valence-electron chi connectivity index (χ3n) is 3.16. The first kappa shape index (κ1) is 15.7. The van der Waals surface area contributed by atoms with Gasteiger partial charge in [0.1, 0.15) is 5.69 Å². The van der Waals surface area contributed by atoms with Crippen LogP contribution in [0.5, 0.6) is 0 Å². The van der Waals surface area contributed by atoms with Crippen molar-refractivity contribution in [1.29, 1.82) is 0 Å². The molecule has 0 bridgehead atoms. The predicted octanol–water partition coefficient (Wildman–Crippen LogP) is 0.213. The van der Waals surface area contributed by atoms with Crippen molar-refractivity contribution in [3.63, 3.8) is 0 Å². The van der Waals surface area contributed by atoms with Crippen molar-refractivity contribution >= 4 is 5.91 Å². The summed E-state index contributed by atoms with van der Waals surface area (Å²) in [5, 5.41) is 2.72. The van der Waals surface area contributed by atoms with Crippen LogP contribution in [0.3, 0.4) is 0 Å². The summed E-state index contributed by atoms with van der Waals surface area (Å²) in [5.74, 6) is -0.388. The van der Waals surface area contributed by atoms with Crippen molar-refractivity contribution < 1.29 is 14.3 Å². The monoisotopic (exact) mass is 295 g/mol. The molecule has 0 spiro atoms. The van der Waals surface area contributed by atoms with E-state index in [0.29, 0.717) is 32.1 Å². The van der Waals surface area contributed by atoms with Crippen LogP contribution in [-0.2, 0) is 14.9 Å². The third-order valence-corrected chi connectivity index (χ3v) is 3.16. The summed E-state index contributed by atoms with van der Waals surface area (Å²) >= 11 is 0. The van der Waals surface area contributed by atoms with E-state index in [-0.39, 0.29) is 23.1 Å². The molecule has 21 heavy (non-hydrogen) atoms. The normalized spacial score (nSPS) is 19.3. The molecule has 1 aliphatic heterocycles. The summed E-state index contributed by atoms with van der Waals surface area (Å²) in [6.07, 6.45) is -0.160. The fourth-order valence-electron chi connectivity index (χ4n) is 1.93. The van der Waals surface area contributed by atoms with E-state index in [9.17, 15) is 9.59 Å². The van der Waals surface area contributed by atoms with Gasteiger partial charge < -0.3 is 19.8 Å². The standard InChI is InChI=1S/C14H21N3O4/c1-14(2,3)11-6-10(16-13(19)17-11)12(18)15-7-9-8-20-4-5-21-9/h6,9H,4-5,7-8H2,1-3H3,(H,15,18)(H,16,17,19)/t9-/m0/s1. The number of nitrogens with zero attached hydrogens (tertiary/aromatic N) is 1. The van der Waals surface area contributed by atoms with Crippen molar-refractivity contribution in [3.8, 4) is 0 Å². The first-order chi connectivity index (χ1) is 9.86. The SMILES string of the molecule is CC(C)(C)c1cc(C(=O)NC[C@H]2COCCO2)nc(=O)[nH]1. The average molecular weight is 295 g/mol. The Labute approximate surface area is 123 Å². The Kier molecular flexibility index (Phi) is 4.74. The van der Waals surface area contributed by atoms with Crippen LogP contribution in [0.4, 0.5) is 0 Å². The Morgan fingerprint density at radius 1 is 1.48 bits per heavy atom. The van der Waals surface area contributed by atoms with E-state index in [1.165, 1.54) is 0 Å². The molecule has 1 fully saturated rings. The molecule has 0 saturated carbocycles. The molecular formula is C14H21N3O4. The molecule has 0 aliphatic carbocycles. The maximum absolute atomic E-state index is 12.1. The topological polar surface area (TPSA) is 93.3 Å². The van der Waals surface area contributed by atoms with E-state index in [1.807, 2.05) is 20.8 Å². The second-order valence-corrected chi connectivity index (χ2v) is 6.01. The molecule has 2 N–H and O–H groups in total. The summed E-state index contributed by atoms with van der Waals surface area (Å²) in [5.41, 5.74) is -0.00704. The van der Waals surface area contributed by atoms with Crippen LogP contribution in [0.1, 0.15) is 37.0 Å². The van der Waals surface area contributed by atoms with Gasteiger partial charge in [0.05, 0.1) is 25.9 Å². The molecular weight excluding hydrogens is 274 g/mol. The number of hydrogen-bond acceptors (Lipinski definition) is 5. The third kappa shape index (κ3) is 4.37. The zero-order valence-electron chi connectivity index (χ0n) is 12.6. The van der Waals surface area contributed by atoms with Crippen LogP contribution in [0, 0.1) is 0 Å². The van der Waals surface area contributed by atoms with E-state index in [1.54, 1.807) is 6.07 Å². The second-order valence-electron chi connectivity index (χ2n) is 6.01. The van der Waals surface area contributed by atoms with Gasteiger partial charge in [-0.05, 0) is 6.07 Å². The fraction of sp³-hybridized carbons (Fsp3) is 0.643. The van der Waals surface area contributed by atoms with Gasteiger partial charge in [-0.15, -0.1) is 0 Å². The van der Waals surface area contributed by atoms with E-state index in [2.05, 4.69) is 15.3 Å². The van der Waals surface area contributed by atoms with Crippen LogP contribution >= 0.6 is 0 Å². The lowest BCUT2D eigenvalue weighted by Crippen LogP contribution is -2.40. The van der Waals surface area contributed by atoms with Crippen LogP contribution in [0.15, 0.2) is 10.9 Å². The van der Waals surface area contributed by atoms with Gasteiger partial charge in [0.15, 0.2) is 0 Å². The first-order valence-corrected chi connectivity index (χ1v) is 6.95. The van der Waals surface area contributed by atoms with Crippen molar-refractivity contribution in [3.05, 3.63) is 27.9 Å². The summed E-state index contributed by atoms with van der Waals surface area (Å²) in [6, 6.07) is 1.61. The maximum atomic E-state index is 12.1. The Morgan fingerprint density at radius 3 is 2.86 bits per heavy atom. The first-order valence-electron chi connectivity index (χ1n) is 6.95. The minimum Gasteiger partial charge on any atom is -0.376 e. The lowest BCUT2D eigenvalue weighted by Gasteiger charge is -2.23. The van der Waals surface area contributed by atoms with Gasteiger partial charge in [0.25, 0.3) is 5.91 Å². The molecule has 1 aromatic rings. The number of aromatic nitrogens is 2. The highest BCUT2D eigenvalue weighted by atomic mass is 16.6. The number of amides is 1. The quantitative estimate of drug-likeness (QED) is 0.831. The maximum Gasteiger partial charge on any atom is 0.345 e. The number of H-pyrrole nitrogens is 1. The molecule has 1 aromatic heterocycles. The highest BCUT2D eigenvalue weighted by molar-refractivity contribution is 5.92. The Bertz CT molecular complexity index is 556. The smallest absolute Gasteiger partial charge is 0.345 e. The summed E-state index contributed by atoms with van der Waals surface area (Å²) in [6.45, 7) is 7.74. The minimum atomic E-state index is -0.523. The van der Waals surface area contributed by atoms with E-state index >= 15 is 0 Å². The van der Waals surface area contributed by atoms with Crippen molar-refractivity contribution in [2.24, 2.45) is 0 Å². The molecule has 7 nitrogen and oxygen atoms in total. The molecule has 0 aromatic carbocycles. The predicted molar refractivity (Wildman–Crippen MR) is 76.4 cm³/mol. The number of carbonyl (C=O) groups excluding carboxylic acids is 1. The van der Waals surface area contributed by atoms with Gasteiger partial charge in [-0.3, -0.25) is 4.79 Å². The number of aromatic amines is 1. The van der Waals surface area contributed by atoms with Gasteiger partial charge >= 0.3 is 5.69 Å². The molecule has 2 heterocycles. The zero-order valence-corrected chi connectivity index (χ0v) is 12.6. The van der Waals surface area contributed by atoms with Gasteiger partial charge in [-0.2, -0.15) is 4.98 Å². The zero-order chi connectivity index (χ0) is 15.5. The molecule has 1 atom stereocenters.